The third-order valence-electron chi connectivity index (χ3n) is 4.66. The molecular weight excluding hydrogens is 468 g/mol. The number of nitrogens with zero attached hydrogens (tertiary/aromatic N) is 1. The number of amides is 2. The van der Waals surface area contributed by atoms with Crippen LogP contribution in [0.15, 0.2) is 46.9 Å². The minimum absolute atomic E-state index is 0.0109. The summed E-state index contributed by atoms with van der Waals surface area (Å²) in [5, 5.41) is 3.49. The van der Waals surface area contributed by atoms with Gasteiger partial charge in [0, 0.05) is 17.6 Å². The van der Waals surface area contributed by atoms with Crippen LogP contribution >= 0.6 is 27.5 Å². The van der Waals surface area contributed by atoms with Crippen LogP contribution in [0.3, 0.4) is 0 Å². The lowest BCUT2D eigenvalue weighted by atomic mass is 10.1. The SMILES string of the molecule is CC[C@@H](C(=O)NC(C)C)N(Cc1ccccc1C)C(=O)COc1ccc(Cl)cc1Br. The molecule has 0 bridgehead atoms. The van der Waals surface area contributed by atoms with Crippen molar-refractivity contribution in [2.24, 2.45) is 0 Å². The Hall–Kier alpha value is -2.05. The first-order valence-corrected chi connectivity index (χ1v) is 11.1. The fraction of sp³-hybridized carbons (Fsp3) is 0.391. The first-order chi connectivity index (χ1) is 14.2. The van der Waals surface area contributed by atoms with Crippen LogP contribution in [0.25, 0.3) is 0 Å². The second kappa shape index (κ2) is 11.4. The van der Waals surface area contributed by atoms with Gasteiger partial charge in [-0.3, -0.25) is 9.59 Å². The van der Waals surface area contributed by atoms with Gasteiger partial charge in [0.1, 0.15) is 11.8 Å². The van der Waals surface area contributed by atoms with Gasteiger partial charge < -0.3 is 15.0 Å². The molecule has 2 amide bonds. The van der Waals surface area contributed by atoms with E-state index in [0.29, 0.717) is 28.2 Å². The van der Waals surface area contributed by atoms with Crippen LogP contribution in [-0.2, 0) is 16.1 Å². The molecule has 162 valence electrons. The zero-order valence-corrected chi connectivity index (χ0v) is 20.1. The highest BCUT2D eigenvalue weighted by atomic mass is 79.9. The molecule has 0 radical (unpaired) electrons. The standard InChI is InChI=1S/C23H28BrClN2O3/c1-5-20(23(29)26-15(2)3)27(13-17-9-7-6-8-16(17)4)22(28)14-30-21-11-10-18(25)12-19(21)24/h6-12,15,20H,5,13-14H2,1-4H3,(H,26,29)/t20-/m0/s1. The van der Waals surface area contributed by atoms with Crippen molar-refractivity contribution in [1.82, 2.24) is 10.2 Å². The van der Waals surface area contributed by atoms with Crippen molar-refractivity contribution in [1.29, 1.82) is 0 Å². The molecule has 1 N–H and O–H groups in total. The van der Waals surface area contributed by atoms with Gasteiger partial charge in [0.25, 0.3) is 5.91 Å². The zero-order valence-electron chi connectivity index (χ0n) is 17.7. The molecule has 2 aromatic carbocycles. The summed E-state index contributed by atoms with van der Waals surface area (Å²) < 4.78 is 6.39. The van der Waals surface area contributed by atoms with E-state index >= 15 is 0 Å². The average Bonchev–Trinajstić information content (AvgIpc) is 2.67. The Morgan fingerprint density at radius 1 is 1.20 bits per heavy atom. The van der Waals surface area contributed by atoms with Crippen molar-refractivity contribution >= 4 is 39.3 Å². The smallest absolute Gasteiger partial charge is 0.261 e. The summed E-state index contributed by atoms with van der Waals surface area (Å²) in [4.78, 5) is 27.6. The van der Waals surface area contributed by atoms with Gasteiger partial charge >= 0.3 is 0 Å². The Labute approximate surface area is 191 Å². The van der Waals surface area contributed by atoms with E-state index in [4.69, 9.17) is 16.3 Å². The van der Waals surface area contributed by atoms with Gasteiger partial charge in [0.15, 0.2) is 6.61 Å². The lowest BCUT2D eigenvalue weighted by molar-refractivity contribution is -0.143. The van der Waals surface area contributed by atoms with Gasteiger partial charge in [-0.2, -0.15) is 0 Å². The molecule has 0 saturated heterocycles. The van der Waals surface area contributed by atoms with Crippen LogP contribution in [0.5, 0.6) is 5.75 Å². The second-order valence-electron chi connectivity index (χ2n) is 7.40. The Morgan fingerprint density at radius 2 is 1.90 bits per heavy atom. The number of ether oxygens (including phenoxy) is 1. The number of hydrogen-bond donors (Lipinski definition) is 1. The first-order valence-electron chi connectivity index (χ1n) is 9.95. The molecule has 2 aromatic rings. The fourth-order valence-corrected chi connectivity index (χ4v) is 3.88. The van der Waals surface area contributed by atoms with Crippen LogP contribution in [0.1, 0.15) is 38.3 Å². The van der Waals surface area contributed by atoms with E-state index in [9.17, 15) is 9.59 Å². The summed E-state index contributed by atoms with van der Waals surface area (Å²) in [7, 11) is 0. The number of aryl methyl sites for hydroxylation is 1. The van der Waals surface area contributed by atoms with Crippen LogP contribution < -0.4 is 10.1 Å². The minimum Gasteiger partial charge on any atom is -0.483 e. The van der Waals surface area contributed by atoms with Crippen LogP contribution in [0.4, 0.5) is 0 Å². The molecule has 0 fully saturated rings. The molecular formula is C23H28BrClN2O3. The highest BCUT2D eigenvalue weighted by Gasteiger charge is 2.29. The van der Waals surface area contributed by atoms with E-state index in [2.05, 4.69) is 21.2 Å². The topological polar surface area (TPSA) is 58.6 Å². The molecule has 0 spiro atoms. The van der Waals surface area contributed by atoms with Crippen LogP contribution in [0, 0.1) is 6.92 Å². The predicted molar refractivity (Wildman–Crippen MR) is 124 cm³/mol. The maximum atomic E-state index is 13.2. The van der Waals surface area contributed by atoms with Gasteiger partial charge in [-0.1, -0.05) is 42.8 Å². The van der Waals surface area contributed by atoms with Crippen molar-refractivity contribution in [3.63, 3.8) is 0 Å². The Morgan fingerprint density at radius 3 is 2.50 bits per heavy atom. The van der Waals surface area contributed by atoms with Crippen molar-refractivity contribution in [2.45, 2.75) is 52.7 Å². The van der Waals surface area contributed by atoms with Crippen LogP contribution in [0.2, 0.25) is 5.02 Å². The molecule has 0 aliphatic heterocycles. The Kier molecular flexibility index (Phi) is 9.18. The highest BCUT2D eigenvalue weighted by molar-refractivity contribution is 9.10. The zero-order chi connectivity index (χ0) is 22.3. The molecule has 7 heteroatoms. The summed E-state index contributed by atoms with van der Waals surface area (Å²) in [6, 6.07) is 12.4. The van der Waals surface area contributed by atoms with Gasteiger partial charge in [-0.25, -0.2) is 0 Å². The molecule has 0 aliphatic rings. The number of carbonyl (C=O) groups excluding carboxylic acids is 2. The summed E-state index contributed by atoms with van der Waals surface area (Å²) in [5.41, 5.74) is 2.06. The molecule has 0 saturated carbocycles. The third-order valence-corrected chi connectivity index (χ3v) is 5.52. The molecule has 0 aromatic heterocycles. The summed E-state index contributed by atoms with van der Waals surface area (Å²) in [6.45, 7) is 7.85. The lowest BCUT2D eigenvalue weighted by Gasteiger charge is -2.31. The van der Waals surface area contributed by atoms with Gasteiger partial charge in [0.2, 0.25) is 5.91 Å². The van der Waals surface area contributed by atoms with E-state index in [1.54, 1.807) is 23.1 Å². The number of nitrogens with one attached hydrogen (secondary N) is 1. The third kappa shape index (κ3) is 6.74. The largest absolute Gasteiger partial charge is 0.483 e. The normalized spacial score (nSPS) is 11.8. The van der Waals surface area contributed by atoms with E-state index in [1.807, 2.05) is 52.0 Å². The van der Waals surface area contributed by atoms with E-state index in [-0.39, 0.29) is 24.5 Å². The molecule has 2 rings (SSSR count). The van der Waals surface area contributed by atoms with Crippen molar-refractivity contribution in [3.05, 3.63) is 63.1 Å². The number of carbonyl (C=O) groups is 2. The van der Waals surface area contributed by atoms with Gasteiger partial charge in [0.05, 0.1) is 4.47 Å². The molecule has 1 atom stereocenters. The van der Waals surface area contributed by atoms with Crippen molar-refractivity contribution in [3.8, 4) is 5.75 Å². The summed E-state index contributed by atoms with van der Waals surface area (Å²) in [6.07, 6.45) is 0.501. The quantitative estimate of drug-likeness (QED) is 0.525. The number of benzene rings is 2. The molecule has 0 heterocycles. The Balaban J connectivity index is 2.25. The monoisotopic (exact) mass is 494 g/mol. The maximum Gasteiger partial charge on any atom is 0.261 e. The second-order valence-corrected chi connectivity index (χ2v) is 8.69. The average molecular weight is 496 g/mol. The predicted octanol–water partition coefficient (Wildman–Crippen LogP) is 5.12. The summed E-state index contributed by atoms with van der Waals surface area (Å²) in [5.74, 6) is 0.0937. The van der Waals surface area contributed by atoms with Crippen molar-refractivity contribution in [2.75, 3.05) is 6.61 Å². The number of halogens is 2. The number of rotatable bonds is 9. The maximum absolute atomic E-state index is 13.2. The van der Waals surface area contributed by atoms with Gasteiger partial charge in [-0.05, 0) is 72.4 Å². The first kappa shape index (κ1) is 24.2. The fourth-order valence-electron chi connectivity index (χ4n) is 3.09. The van der Waals surface area contributed by atoms with Crippen molar-refractivity contribution < 1.29 is 14.3 Å². The summed E-state index contributed by atoms with van der Waals surface area (Å²) >= 11 is 9.36. The Bertz CT molecular complexity index is 889. The van der Waals surface area contributed by atoms with Crippen LogP contribution in [-0.4, -0.2) is 35.4 Å². The molecule has 0 aliphatic carbocycles. The van der Waals surface area contributed by atoms with E-state index in [1.165, 1.54) is 0 Å². The molecule has 0 unspecified atom stereocenters. The lowest BCUT2D eigenvalue weighted by Crippen LogP contribution is -2.51. The minimum atomic E-state index is -0.586. The van der Waals surface area contributed by atoms with E-state index in [0.717, 1.165) is 11.1 Å². The number of hydrogen-bond acceptors (Lipinski definition) is 3. The molecule has 5 nitrogen and oxygen atoms in total. The van der Waals surface area contributed by atoms with E-state index < -0.39 is 6.04 Å². The highest BCUT2D eigenvalue weighted by Crippen LogP contribution is 2.28. The molecule has 30 heavy (non-hydrogen) atoms. The van der Waals surface area contributed by atoms with Gasteiger partial charge in [-0.15, -0.1) is 0 Å².